The number of methoxy groups -OCH3 is 2. The summed E-state index contributed by atoms with van der Waals surface area (Å²) < 4.78 is 70.8. The van der Waals surface area contributed by atoms with E-state index in [2.05, 4.69) is 5.32 Å². The second kappa shape index (κ2) is 14.1. The molecule has 0 radical (unpaired) electrons. The number of amides is 1. The molecule has 2 aromatic rings. The van der Waals surface area contributed by atoms with E-state index in [0.29, 0.717) is 37.7 Å². The molecule has 0 spiro atoms. The number of halogens is 3. The molecule has 10 nitrogen and oxygen atoms in total. The maximum atomic E-state index is 13.6. The quantitative estimate of drug-likeness (QED) is 0.468. The molecule has 1 heterocycles. The first-order chi connectivity index (χ1) is 18.3. The Morgan fingerprint density at radius 1 is 1.05 bits per heavy atom. The van der Waals surface area contributed by atoms with E-state index in [1.807, 2.05) is 37.3 Å². The highest BCUT2D eigenvalue weighted by Crippen LogP contribution is 2.31. The van der Waals surface area contributed by atoms with Crippen LogP contribution in [0, 0.1) is 0 Å². The van der Waals surface area contributed by atoms with Crippen LogP contribution in [0.1, 0.15) is 18.4 Å². The summed E-state index contributed by atoms with van der Waals surface area (Å²) in [5.41, 5.74) is 1.01. The number of sulfonamides is 1. The normalized spacial score (nSPS) is 14.7. The van der Waals surface area contributed by atoms with Crippen LogP contribution in [-0.2, 0) is 19.6 Å². The Morgan fingerprint density at radius 3 is 2.13 bits per heavy atom. The van der Waals surface area contributed by atoms with Gasteiger partial charge in [0.1, 0.15) is 0 Å². The van der Waals surface area contributed by atoms with Crippen LogP contribution in [0.3, 0.4) is 0 Å². The molecule has 1 unspecified atom stereocenters. The zero-order valence-electron chi connectivity index (χ0n) is 21.8. The summed E-state index contributed by atoms with van der Waals surface area (Å²) in [5, 5.41) is 10.3. The van der Waals surface area contributed by atoms with Crippen LogP contribution in [-0.4, -0.2) is 94.3 Å². The third kappa shape index (κ3) is 9.11. The second-order valence-corrected chi connectivity index (χ2v) is 10.5. The van der Waals surface area contributed by atoms with Gasteiger partial charge >= 0.3 is 12.1 Å². The van der Waals surface area contributed by atoms with Gasteiger partial charge < -0.3 is 24.8 Å². The zero-order chi connectivity index (χ0) is 29.2. The molecule has 3 rings (SSSR count). The Bertz CT molecular complexity index is 1210. The Morgan fingerprint density at radius 2 is 1.62 bits per heavy atom. The van der Waals surface area contributed by atoms with E-state index in [-0.39, 0.29) is 29.8 Å². The highest BCUT2D eigenvalue weighted by Gasteiger charge is 2.38. The van der Waals surface area contributed by atoms with Gasteiger partial charge in [-0.3, -0.25) is 4.79 Å². The Kier molecular flexibility index (Phi) is 11.6. The maximum Gasteiger partial charge on any atom is 0.490 e. The first-order valence-corrected chi connectivity index (χ1v) is 13.3. The number of benzene rings is 2. The molecule has 1 aliphatic rings. The lowest BCUT2D eigenvalue weighted by molar-refractivity contribution is -0.192. The van der Waals surface area contributed by atoms with Gasteiger partial charge in [-0.05, 0) is 23.6 Å². The third-order valence-corrected chi connectivity index (χ3v) is 7.67. The summed E-state index contributed by atoms with van der Waals surface area (Å²) in [5.74, 6) is -2.30. The monoisotopic (exact) mass is 575 g/mol. The van der Waals surface area contributed by atoms with Crippen LogP contribution >= 0.6 is 0 Å². The number of ether oxygens (including phenoxy) is 2. The number of hydrogen-bond donors (Lipinski definition) is 2. The molecular formula is C25H32F3N3O7S. The van der Waals surface area contributed by atoms with Gasteiger partial charge in [0.05, 0.1) is 25.7 Å². The molecule has 0 aliphatic carbocycles. The minimum Gasteiger partial charge on any atom is -0.493 e. The topological polar surface area (TPSA) is 125 Å². The van der Waals surface area contributed by atoms with Crippen molar-refractivity contribution in [1.29, 1.82) is 0 Å². The molecule has 2 N–H and O–H groups in total. The van der Waals surface area contributed by atoms with Gasteiger partial charge in [0.2, 0.25) is 15.9 Å². The van der Waals surface area contributed by atoms with E-state index in [4.69, 9.17) is 19.4 Å². The van der Waals surface area contributed by atoms with Crippen LogP contribution in [0.4, 0.5) is 13.2 Å². The summed E-state index contributed by atoms with van der Waals surface area (Å²) in [6, 6.07) is 14.2. The Balaban J connectivity index is 0.000000673. The molecule has 1 fully saturated rings. The van der Waals surface area contributed by atoms with Gasteiger partial charge in [0, 0.05) is 38.8 Å². The van der Waals surface area contributed by atoms with Crippen molar-refractivity contribution in [1.82, 2.24) is 14.5 Å². The van der Waals surface area contributed by atoms with Gasteiger partial charge in [0.25, 0.3) is 0 Å². The predicted octanol–water partition coefficient (Wildman–Crippen LogP) is 2.56. The summed E-state index contributed by atoms with van der Waals surface area (Å²) in [4.78, 5) is 23.6. The minimum atomic E-state index is -5.08. The van der Waals surface area contributed by atoms with Crippen molar-refractivity contribution in [2.75, 3.05) is 53.5 Å². The number of piperazine rings is 1. The fourth-order valence-corrected chi connectivity index (χ4v) is 5.23. The summed E-state index contributed by atoms with van der Waals surface area (Å²) in [6.45, 7) is 4.46. The van der Waals surface area contributed by atoms with Gasteiger partial charge in [-0.1, -0.05) is 37.3 Å². The van der Waals surface area contributed by atoms with Crippen LogP contribution in [0.25, 0.3) is 0 Å². The van der Waals surface area contributed by atoms with Gasteiger partial charge in [-0.2, -0.15) is 17.5 Å². The number of alkyl halides is 3. The van der Waals surface area contributed by atoms with Gasteiger partial charge in [-0.25, -0.2) is 13.2 Å². The van der Waals surface area contributed by atoms with E-state index < -0.39 is 22.2 Å². The number of carbonyl (C=O) groups is 2. The number of rotatable bonds is 9. The van der Waals surface area contributed by atoms with E-state index in [0.717, 1.165) is 5.56 Å². The lowest BCUT2D eigenvalue weighted by Crippen LogP contribution is -2.50. The average molecular weight is 576 g/mol. The summed E-state index contributed by atoms with van der Waals surface area (Å²) >= 11 is 0. The molecule has 216 valence electrons. The van der Waals surface area contributed by atoms with Crippen LogP contribution < -0.4 is 14.8 Å². The first kappa shape index (κ1) is 31.9. The number of carboxylic acid groups (broad SMARTS) is 1. The summed E-state index contributed by atoms with van der Waals surface area (Å²) in [7, 11) is -1.01. The molecule has 0 aromatic heterocycles. The predicted molar refractivity (Wildman–Crippen MR) is 136 cm³/mol. The standard InChI is InChI=1S/C23H31N3O5S.C2HF3O2/c1-18(19-7-5-4-6-8-19)16-26(17-23(27)25-13-11-24-12-14-25)32(28,29)20-9-10-21(30-2)22(15-20)31-3;3-2(4,5)1(6)7/h4-10,15,18,24H,11-14,16-17H2,1-3H3;(H,6,7). The van der Waals surface area contributed by atoms with E-state index in [1.54, 1.807) is 11.0 Å². The highest BCUT2D eigenvalue weighted by molar-refractivity contribution is 7.89. The van der Waals surface area contributed by atoms with Gasteiger partial charge in [-0.15, -0.1) is 0 Å². The van der Waals surface area contributed by atoms with Gasteiger partial charge in [0.15, 0.2) is 11.5 Å². The molecule has 1 amide bonds. The first-order valence-electron chi connectivity index (χ1n) is 11.9. The molecule has 1 saturated heterocycles. The lowest BCUT2D eigenvalue weighted by Gasteiger charge is -2.31. The molecule has 14 heteroatoms. The smallest absolute Gasteiger partial charge is 0.490 e. The fraction of sp³-hybridized carbons (Fsp3) is 0.440. The number of aliphatic carboxylic acids is 1. The van der Waals surface area contributed by atoms with Crippen molar-refractivity contribution in [2.24, 2.45) is 0 Å². The van der Waals surface area contributed by atoms with Crippen molar-refractivity contribution < 1.29 is 45.8 Å². The van der Waals surface area contributed by atoms with Crippen LogP contribution in [0.15, 0.2) is 53.4 Å². The van der Waals surface area contributed by atoms with Crippen molar-refractivity contribution in [3.05, 3.63) is 54.1 Å². The van der Waals surface area contributed by atoms with Crippen LogP contribution in [0.2, 0.25) is 0 Å². The van der Waals surface area contributed by atoms with E-state index >= 15 is 0 Å². The number of nitrogens with zero attached hydrogens (tertiary/aromatic N) is 2. The molecule has 0 bridgehead atoms. The number of carbonyl (C=O) groups excluding carboxylic acids is 1. The Labute approximate surface area is 225 Å². The largest absolute Gasteiger partial charge is 0.493 e. The SMILES string of the molecule is COc1ccc(S(=O)(=O)N(CC(=O)N2CCNCC2)CC(C)c2ccccc2)cc1OC.O=C(O)C(F)(F)F. The number of hydrogen-bond acceptors (Lipinski definition) is 7. The maximum absolute atomic E-state index is 13.6. The fourth-order valence-electron chi connectivity index (χ4n) is 3.73. The molecule has 2 aromatic carbocycles. The van der Waals surface area contributed by atoms with Crippen molar-refractivity contribution in [2.45, 2.75) is 23.9 Å². The van der Waals surface area contributed by atoms with Crippen molar-refractivity contribution >= 4 is 21.9 Å². The molecular weight excluding hydrogens is 543 g/mol. The lowest BCUT2D eigenvalue weighted by atomic mass is 10.0. The average Bonchev–Trinajstić information content (AvgIpc) is 2.92. The second-order valence-electron chi connectivity index (χ2n) is 8.56. The Hall–Kier alpha value is -3.36. The minimum absolute atomic E-state index is 0.0588. The zero-order valence-corrected chi connectivity index (χ0v) is 22.6. The van der Waals surface area contributed by atoms with E-state index in [9.17, 15) is 26.4 Å². The summed E-state index contributed by atoms with van der Waals surface area (Å²) in [6.07, 6.45) is -5.08. The molecule has 1 atom stereocenters. The third-order valence-electron chi connectivity index (χ3n) is 5.86. The highest BCUT2D eigenvalue weighted by atomic mass is 32.2. The molecule has 39 heavy (non-hydrogen) atoms. The van der Waals surface area contributed by atoms with Crippen LogP contribution in [0.5, 0.6) is 11.5 Å². The number of nitrogens with one attached hydrogen (secondary N) is 1. The molecule has 0 saturated carbocycles. The molecule has 1 aliphatic heterocycles. The van der Waals surface area contributed by atoms with Crippen molar-refractivity contribution in [3.63, 3.8) is 0 Å². The number of carboxylic acids is 1. The van der Waals surface area contributed by atoms with E-state index in [1.165, 1.54) is 30.7 Å². The van der Waals surface area contributed by atoms with Crippen molar-refractivity contribution in [3.8, 4) is 11.5 Å².